The number of rotatable bonds is 3. The summed E-state index contributed by atoms with van der Waals surface area (Å²) in [6.07, 6.45) is 7.56. The van der Waals surface area contributed by atoms with Crippen molar-refractivity contribution in [1.29, 1.82) is 0 Å². The fourth-order valence-corrected chi connectivity index (χ4v) is 2.37. The van der Waals surface area contributed by atoms with Gasteiger partial charge < -0.3 is 10.3 Å². The van der Waals surface area contributed by atoms with Crippen LogP contribution in [0.15, 0.2) is 18.2 Å². The van der Waals surface area contributed by atoms with Crippen molar-refractivity contribution in [3.63, 3.8) is 0 Å². The molecule has 1 heterocycles. The molecule has 1 fully saturated rings. The average Bonchev–Trinajstić information content (AvgIpc) is 3.21. The second-order valence-electron chi connectivity index (χ2n) is 4.90. The zero-order valence-corrected chi connectivity index (χ0v) is 11.5. The number of nitrogens with zero attached hydrogens (tertiary/aromatic N) is 2. The molecule has 0 spiro atoms. The van der Waals surface area contributed by atoms with E-state index in [1.54, 1.807) is 6.07 Å². The second kappa shape index (κ2) is 4.84. The minimum absolute atomic E-state index is 0.0813. The number of hydrogen-bond acceptors (Lipinski definition) is 2. The van der Waals surface area contributed by atoms with Gasteiger partial charge in [0.05, 0.1) is 11.6 Å². The maximum absolute atomic E-state index is 13.6. The average molecular weight is 290 g/mol. The molecule has 2 N–H and O–H groups in total. The van der Waals surface area contributed by atoms with Crippen LogP contribution in [0.5, 0.6) is 0 Å². The van der Waals surface area contributed by atoms with Crippen LogP contribution in [0.1, 0.15) is 24.6 Å². The molecule has 20 heavy (non-hydrogen) atoms. The van der Waals surface area contributed by atoms with E-state index in [-0.39, 0.29) is 5.02 Å². The van der Waals surface area contributed by atoms with E-state index in [9.17, 15) is 4.39 Å². The van der Waals surface area contributed by atoms with Crippen molar-refractivity contribution in [1.82, 2.24) is 9.55 Å². The summed E-state index contributed by atoms with van der Waals surface area (Å²) in [7, 11) is 0. The highest BCUT2D eigenvalue weighted by Gasteiger charge is 2.30. The predicted molar refractivity (Wildman–Crippen MR) is 77.9 cm³/mol. The molecule has 0 bridgehead atoms. The molecule has 2 aromatic rings. The lowest BCUT2D eigenvalue weighted by Crippen LogP contribution is -2.05. The molecular formula is C15H13ClFN3. The normalized spacial score (nSPS) is 14.2. The van der Waals surface area contributed by atoms with Crippen molar-refractivity contribution in [2.45, 2.75) is 25.3 Å². The van der Waals surface area contributed by atoms with Gasteiger partial charge in [0.2, 0.25) is 0 Å². The topological polar surface area (TPSA) is 43.8 Å². The zero-order valence-electron chi connectivity index (χ0n) is 10.7. The summed E-state index contributed by atoms with van der Waals surface area (Å²) in [5.41, 5.74) is 7.31. The molecule has 0 unspecified atom stereocenters. The zero-order chi connectivity index (χ0) is 14.3. The minimum Gasteiger partial charge on any atom is -0.383 e. The smallest absolute Gasteiger partial charge is 0.142 e. The Morgan fingerprint density at radius 2 is 2.25 bits per heavy atom. The lowest BCUT2D eigenvalue weighted by molar-refractivity contribution is 0.628. The lowest BCUT2D eigenvalue weighted by Gasteiger charge is -2.05. The van der Waals surface area contributed by atoms with E-state index in [4.69, 9.17) is 23.8 Å². The van der Waals surface area contributed by atoms with E-state index in [0.717, 1.165) is 18.7 Å². The molecule has 0 saturated heterocycles. The van der Waals surface area contributed by atoms with Crippen molar-refractivity contribution in [2.24, 2.45) is 0 Å². The molecule has 1 aliphatic carbocycles. The number of hydrogen-bond donors (Lipinski definition) is 1. The van der Waals surface area contributed by atoms with Gasteiger partial charge in [-0.15, -0.1) is 6.42 Å². The summed E-state index contributed by atoms with van der Waals surface area (Å²) in [6, 6.07) is 4.56. The van der Waals surface area contributed by atoms with Crippen LogP contribution < -0.4 is 5.73 Å². The Morgan fingerprint density at radius 1 is 1.50 bits per heavy atom. The van der Waals surface area contributed by atoms with E-state index in [2.05, 4.69) is 10.9 Å². The Balaban J connectivity index is 2.11. The molecule has 0 radical (unpaired) electrons. The highest BCUT2D eigenvalue weighted by molar-refractivity contribution is 6.30. The van der Waals surface area contributed by atoms with Gasteiger partial charge in [-0.05, 0) is 25.0 Å². The Labute approximate surface area is 121 Å². The fraction of sp³-hybridized carbons (Fsp3) is 0.267. The van der Waals surface area contributed by atoms with E-state index >= 15 is 0 Å². The molecular weight excluding hydrogens is 277 g/mol. The van der Waals surface area contributed by atoms with Crippen molar-refractivity contribution in [3.8, 4) is 23.6 Å². The Hall–Kier alpha value is -1.99. The quantitative estimate of drug-likeness (QED) is 0.880. The number of benzene rings is 1. The van der Waals surface area contributed by atoms with Gasteiger partial charge in [0.1, 0.15) is 23.2 Å². The maximum atomic E-state index is 13.6. The maximum Gasteiger partial charge on any atom is 0.142 e. The van der Waals surface area contributed by atoms with E-state index in [1.165, 1.54) is 12.1 Å². The molecule has 1 saturated carbocycles. The standard InChI is InChI=1S/C15H13ClFN3/c1-2-7-20-14(18)13(19-15(20)9-3-4-9)10-5-6-11(16)12(17)8-10/h1,5-6,8-9H,3-4,7,18H2. The Morgan fingerprint density at radius 3 is 2.85 bits per heavy atom. The van der Waals surface area contributed by atoms with Crippen LogP contribution in [-0.4, -0.2) is 9.55 Å². The van der Waals surface area contributed by atoms with Gasteiger partial charge in [0.15, 0.2) is 0 Å². The van der Waals surface area contributed by atoms with E-state index < -0.39 is 5.82 Å². The molecule has 0 aliphatic heterocycles. The van der Waals surface area contributed by atoms with Crippen molar-refractivity contribution >= 4 is 17.4 Å². The fourth-order valence-electron chi connectivity index (χ4n) is 2.25. The first kappa shape index (κ1) is 13.0. The molecule has 3 rings (SSSR count). The molecule has 5 heteroatoms. The largest absolute Gasteiger partial charge is 0.383 e. The molecule has 1 aromatic carbocycles. The summed E-state index contributed by atoms with van der Waals surface area (Å²) in [4.78, 5) is 4.56. The summed E-state index contributed by atoms with van der Waals surface area (Å²) in [6.45, 7) is 0.376. The molecule has 3 nitrogen and oxygen atoms in total. The molecule has 0 atom stereocenters. The van der Waals surface area contributed by atoms with Crippen LogP contribution in [0.4, 0.5) is 10.2 Å². The van der Waals surface area contributed by atoms with E-state index in [0.29, 0.717) is 29.5 Å². The first-order valence-electron chi connectivity index (χ1n) is 6.36. The van der Waals surface area contributed by atoms with Crippen LogP contribution in [0.2, 0.25) is 5.02 Å². The Kier molecular flexibility index (Phi) is 3.15. The summed E-state index contributed by atoms with van der Waals surface area (Å²) >= 11 is 5.70. The second-order valence-corrected chi connectivity index (χ2v) is 5.30. The highest BCUT2D eigenvalue weighted by atomic mass is 35.5. The monoisotopic (exact) mass is 289 g/mol. The van der Waals surface area contributed by atoms with Crippen LogP contribution in [0.25, 0.3) is 11.3 Å². The molecule has 0 amide bonds. The number of nitrogens with two attached hydrogens (primary N) is 1. The summed E-state index contributed by atoms with van der Waals surface area (Å²) in [5, 5.41) is 0.0813. The number of anilines is 1. The highest BCUT2D eigenvalue weighted by Crippen LogP contribution is 2.42. The van der Waals surface area contributed by atoms with E-state index in [1.807, 2.05) is 4.57 Å². The molecule has 102 valence electrons. The predicted octanol–water partition coefficient (Wildman–Crippen LogP) is 3.44. The van der Waals surface area contributed by atoms with Gasteiger partial charge in [-0.1, -0.05) is 23.6 Å². The third-order valence-corrected chi connectivity index (χ3v) is 3.73. The van der Waals surface area contributed by atoms with Crippen LogP contribution in [0, 0.1) is 18.2 Å². The van der Waals surface area contributed by atoms with Crippen LogP contribution >= 0.6 is 11.6 Å². The van der Waals surface area contributed by atoms with Gasteiger partial charge in [0.25, 0.3) is 0 Å². The van der Waals surface area contributed by atoms with Crippen LogP contribution in [0.3, 0.4) is 0 Å². The number of aromatic nitrogens is 2. The first-order valence-corrected chi connectivity index (χ1v) is 6.74. The van der Waals surface area contributed by atoms with Crippen molar-refractivity contribution < 1.29 is 4.39 Å². The molecule has 1 aliphatic rings. The minimum atomic E-state index is -0.483. The number of terminal acetylenes is 1. The van der Waals surface area contributed by atoms with Gasteiger partial charge in [0, 0.05) is 11.5 Å². The summed E-state index contributed by atoms with van der Waals surface area (Å²) < 4.78 is 15.4. The van der Waals surface area contributed by atoms with Crippen LogP contribution in [-0.2, 0) is 6.54 Å². The van der Waals surface area contributed by atoms with Crippen molar-refractivity contribution in [3.05, 3.63) is 34.9 Å². The summed E-state index contributed by atoms with van der Waals surface area (Å²) in [5.74, 6) is 3.88. The number of imidazole rings is 1. The lowest BCUT2D eigenvalue weighted by atomic mass is 10.1. The third kappa shape index (κ3) is 2.14. The number of nitrogen functional groups attached to an aromatic ring is 1. The van der Waals surface area contributed by atoms with Crippen molar-refractivity contribution in [2.75, 3.05) is 5.73 Å². The number of halogens is 2. The SMILES string of the molecule is C#CCn1c(C2CC2)nc(-c2ccc(Cl)c(F)c2)c1N. The molecule has 1 aromatic heterocycles. The van der Waals surface area contributed by atoms with Gasteiger partial charge in [-0.2, -0.15) is 0 Å². The van der Waals surface area contributed by atoms with Gasteiger partial charge in [-0.25, -0.2) is 9.37 Å². The first-order chi connectivity index (χ1) is 9.61. The van der Waals surface area contributed by atoms with Gasteiger partial charge >= 0.3 is 0 Å². The van der Waals surface area contributed by atoms with Gasteiger partial charge in [-0.3, -0.25) is 0 Å². The third-order valence-electron chi connectivity index (χ3n) is 3.42. The Bertz CT molecular complexity index is 711.